The van der Waals surface area contributed by atoms with E-state index in [1.165, 1.54) is 0 Å². The second-order valence-corrected chi connectivity index (χ2v) is 4.34. The fraction of sp³-hybridized carbons (Fsp3) is 0.818. The molecule has 0 aromatic carbocycles. The number of carbonyl (C=O) groups is 1. The SMILES string of the molecule is CCC1CCC(C#N)(NC(=O)C(F)F)CC1. The van der Waals surface area contributed by atoms with Crippen LogP contribution in [0.15, 0.2) is 0 Å². The summed E-state index contributed by atoms with van der Waals surface area (Å²) in [7, 11) is 0. The maximum Gasteiger partial charge on any atom is 0.315 e. The van der Waals surface area contributed by atoms with Crippen LogP contribution in [0.4, 0.5) is 8.78 Å². The number of halogens is 2. The summed E-state index contributed by atoms with van der Waals surface area (Å²) in [5.74, 6) is -0.790. The summed E-state index contributed by atoms with van der Waals surface area (Å²) in [6.45, 7) is 2.07. The predicted octanol–water partition coefficient (Wildman–Crippen LogP) is 2.23. The molecule has 5 heteroatoms. The smallest absolute Gasteiger partial charge is 0.315 e. The highest BCUT2D eigenvalue weighted by molar-refractivity contribution is 5.80. The third-order valence-electron chi connectivity index (χ3n) is 3.31. The lowest BCUT2D eigenvalue weighted by atomic mass is 9.76. The van der Waals surface area contributed by atoms with E-state index in [1.807, 2.05) is 6.07 Å². The second-order valence-electron chi connectivity index (χ2n) is 4.34. The van der Waals surface area contributed by atoms with Crippen molar-refractivity contribution < 1.29 is 13.6 Å². The van der Waals surface area contributed by atoms with Gasteiger partial charge in [0.1, 0.15) is 5.54 Å². The largest absolute Gasteiger partial charge is 0.333 e. The van der Waals surface area contributed by atoms with Gasteiger partial charge in [-0.2, -0.15) is 14.0 Å². The molecule has 1 fully saturated rings. The summed E-state index contributed by atoms with van der Waals surface area (Å²) < 4.78 is 24.2. The van der Waals surface area contributed by atoms with Gasteiger partial charge in [0.2, 0.25) is 0 Å². The maximum absolute atomic E-state index is 12.1. The van der Waals surface area contributed by atoms with Crippen molar-refractivity contribution in [3.05, 3.63) is 0 Å². The molecule has 0 radical (unpaired) electrons. The van der Waals surface area contributed by atoms with Gasteiger partial charge in [-0.15, -0.1) is 0 Å². The first-order valence-electron chi connectivity index (χ1n) is 5.54. The van der Waals surface area contributed by atoms with Crippen LogP contribution in [0, 0.1) is 17.2 Å². The quantitative estimate of drug-likeness (QED) is 0.808. The molecule has 0 aromatic rings. The highest BCUT2D eigenvalue weighted by Gasteiger charge is 2.37. The molecule has 0 atom stereocenters. The Kier molecular flexibility index (Phi) is 4.22. The Morgan fingerprint density at radius 2 is 2.12 bits per heavy atom. The van der Waals surface area contributed by atoms with Gasteiger partial charge in [0.05, 0.1) is 6.07 Å². The maximum atomic E-state index is 12.1. The number of hydrogen-bond donors (Lipinski definition) is 1. The van der Waals surface area contributed by atoms with Crippen LogP contribution in [0.25, 0.3) is 0 Å². The average molecular weight is 230 g/mol. The third-order valence-corrected chi connectivity index (χ3v) is 3.31. The fourth-order valence-electron chi connectivity index (χ4n) is 2.13. The van der Waals surface area contributed by atoms with Crippen molar-refractivity contribution in [2.45, 2.75) is 51.0 Å². The lowest BCUT2D eigenvalue weighted by Crippen LogP contribution is -2.51. The summed E-state index contributed by atoms with van der Waals surface area (Å²) in [6, 6.07) is 1.98. The Morgan fingerprint density at radius 3 is 2.50 bits per heavy atom. The molecule has 0 saturated heterocycles. The van der Waals surface area contributed by atoms with E-state index in [0.29, 0.717) is 18.8 Å². The average Bonchev–Trinajstić information content (AvgIpc) is 2.29. The van der Waals surface area contributed by atoms with Crippen molar-refractivity contribution in [2.75, 3.05) is 0 Å². The zero-order valence-electron chi connectivity index (χ0n) is 9.30. The summed E-state index contributed by atoms with van der Waals surface area (Å²) in [5, 5.41) is 11.2. The molecule has 1 aliphatic rings. The Hall–Kier alpha value is -1.18. The van der Waals surface area contributed by atoms with Crippen molar-refractivity contribution in [3.63, 3.8) is 0 Å². The van der Waals surface area contributed by atoms with E-state index in [-0.39, 0.29) is 0 Å². The normalized spacial score (nSPS) is 29.8. The fourth-order valence-corrected chi connectivity index (χ4v) is 2.13. The third kappa shape index (κ3) is 2.91. The number of carbonyl (C=O) groups excluding carboxylic acids is 1. The minimum Gasteiger partial charge on any atom is -0.333 e. The molecular formula is C11H16F2N2O. The van der Waals surface area contributed by atoms with Gasteiger partial charge in [-0.05, 0) is 31.6 Å². The molecule has 0 heterocycles. The Balaban J connectivity index is 2.60. The van der Waals surface area contributed by atoms with Crippen LogP contribution in [0.3, 0.4) is 0 Å². The Bertz CT molecular complexity index is 291. The number of nitriles is 1. The summed E-state index contributed by atoms with van der Waals surface area (Å²) in [6.07, 6.45) is 0.556. The topological polar surface area (TPSA) is 52.9 Å². The molecule has 0 bridgehead atoms. The molecule has 0 aromatic heterocycles. The van der Waals surface area contributed by atoms with E-state index < -0.39 is 17.9 Å². The lowest BCUT2D eigenvalue weighted by molar-refractivity contribution is -0.133. The molecule has 16 heavy (non-hydrogen) atoms. The molecule has 3 nitrogen and oxygen atoms in total. The van der Waals surface area contributed by atoms with Gasteiger partial charge in [-0.25, -0.2) is 0 Å². The summed E-state index contributed by atoms with van der Waals surface area (Å²) in [5.41, 5.74) is -1.07. The highest BCUT2D eigenvalue weighted by atomic mass is 19.3. The number of alkyl halides is 2. The first-order chi connectivity index (χ1) is 7.53. The van der Waals surface area contributed by atoms with E-state index in [2.05, 4.69) is 12.2 Å². The summed E-state index contributed by atoms with van der Waals surface area (Å²) >= 11 is 0. The Labute approximate surface area is 93.8 Å². The van der Waals surface area contributed by atoms with Crippen LogP contribution in [-0.2, 0) is 4.79 Å². The molecule has 0 unspecified atom stereocenters. The van der Waals surface area contributed by atoms with Gasteiger partial charge in [0.15, 0.2) is 0 Å². The minimum absolute atomic E-state index is 0.473. The second kappa shape index (κ2) is 5.24. The molecule has 1 rings (SSSR count). The van der Waals surface area contributed by atoms with E-state index in [4.69, 9.17) is 5.26 Å². The Morgan fingerprint density at radius 1 is 1.56 bits per heavy atom. The van der Waals surface area contributed by atoms with Gasteiger partial charge in [0, 0.05) is 0 Å². The van der Waals surface area contributed by atoms with Crippen LogP contribution in [0.1, 0.15) is 39.0 Å². The van der Waals surface area contributed by atoms with Crippen LogP contribution in [0.2, 0.25) is 0 Å². The number of hydrogen-bond acceptors (Lipinski definition) is 2. The highest BCUT2D eigenvalue weighted by Crippen LogP contribution is 2.33. The zero-order valence-corrected chi connectivity index (χ0v) is 9.30. The molecule has 1 saturated carbocycles. The predicted molar refractivity (Wildman–Crippen MR) is 54.7 cm³/mol. The van der Waals surface area contributed by atoms with Crippen molar-refractivity contribution in [1.82, 2.24) is 5.32 Å². The van der Waals surface area contributed by atoms with E-state index >= 15 is 0 Å². The van der Waals surface area contributed by atoms with Crippen molar-refractivity contribution in [3.8, 4) is 6.07 Å². The molecule has 0 spiro atoms. The number of nitrogens with zero attached hydrogens (tertiary/aromatic N) is 1. The van der Waals surface area contributed by atoms with Crippen molar-refractivity contribution >= 4 is 5.91 Å². The molecule has 0 aliphatic heterocycles. The van der Waals surface area contributed by atoms with Crippen molar-refractivity contribution in [1.29, 1.82) is 5.26 Å². The molecule has 1 aliphatic carbocycles. The molecular weight excluding hydrogens is 214 g/mol. The van der Waals surface area contributed by atoms with Gasteiger partial charge < -0.3 is 5.32 Å². The first kappa shape index (κ1) is 12.9. The molecule has 90 valence electrons. The van der Waals surface area contributed by atoms with Crippen LogP contribution in [0.5, 0.6) is 0 Å². The van der Waals surface area contributed by atoms with Gasteiger partial charge in [0.25, 0.3) is 5.91 Å². The number of nitrogens with one attached hydrogen (secondary N) is 1. The van der Waals surface area contributed by atoms with Crippen molar-refractivity contribution in [2.24, 2.45) is 5.92 Å². The minimum atomic E-state index is -3.05. The van der Waals surface area contributed by atoms with E-state index in [0.717, 1.165) is 19.3 Å². The van der Waals surface area contributed by atoms with Gasteiger partial charge in [-0.3, -0.25) is 4.79 Å². The number of rotatable bonds is 3. The van der Waals surface area contributed by atoms with Gasteiger partial charge >= 0.3 is 6.43 Å². The molecule has 1 N–H and O–H groups in total. The monoisotopic (exact) mass is 230 g/mol. The van der Waals surface area contributed by atoms with Gasteiger partial charge in [-0.1, -0.05) is 13.3 Å². The summed E-state index contributed by atoms with van der Waals surface area (Å²) in [4.78, 5) is 10.9. The zero-order chi connectivity index (χ0) is 12.2. The number of amides is 1. The molecule has 1 amide bonds. The van der Waals surface area contributed by atoms with Crippen LogP contribution >= 0.6 is 0 Å². The lowest BCUT2D eigenvalue weighted by Gasteiger charge is -2.35. The van der Waals surface area contributed by atoms with Crippen LogP contribution in [-0.4, -0.2) is 17.9 Å². The van der Waals surface area contributed by atoms with Crippen LogP contribution < -0.4 is 5.32 Å². The van der Waals surface area contributed by atoms with E-state index in [1.54, 1.807) is 0 Å². The van der Waals surface area contributed by atoms with E-state index in [9.17, 15) is 13.6 Å². The first-order valence-corrected chi connectivity index (χ1v) is 5.54. The standard InChI is InChI=1S/C11H16F2N2O/c1-2-8-3-5-11(7-14,6-4-8)15-10(16)9(12)13/h8-9H,2-6H2,1H3,(H,15,16).